The highest BCUT2D eigenvalue weighted by molar-refractivity contribution is 6.99. The quantitative estimate of drug-likeness (QED) is 0.632. The standard InChI is InChI=1S/C19H27NO2Si/c1-16(20-21)15-22-23(19(2,3)4,17-11-7-5-8-12-17)18-13-9-6-10-14-18/h5-14,16,20-21H,15H2,1-4H3/t16-/m0/s1. The van der Waals surface area contributed by atoms with Crippen LogP contribution < -0.4 is 15.9 Å². The molecule has 2 N–H and O–H groups in total. The third-order valence-electron chi connectivity index (χ3n) is 4.19. The summed E-state index contributed by atoms with van der Waals surface area (Å²) in [5, 5.41) is 11.6. The molecule has 0 heterocycles. The number of nitrogens with one attached hydrogen (secondary N) is 1. The Morgan fingerprint density at radius 3 is 1.74 bits per heavy atom. The summed E-state index contributed by atoms with van der Waals surface area (Å²) >= 11 is 0. The van der Waals surface area contributed by atoms with Crippen molar-refractivity contribution in [3.63, 3.8) is 0 Å². The molecule has 23 heavy (non-hydrogen) atoms. The molecule has 0 spiro atoms. The molecule has 0 saturated heterocycles. The van der Waals surface area contributed by atoms with Gasteiger partial charge in [0.15, 0.2) is 0 Å². The normalized spacial score (nSPS) is 13.8. The fourth-order valence-corrected chi connectivity index (χ4v) is 7.70. The summed E-state index contributed by atoms with van der Waals surface area (Å²) in [6.45, 7) is 9.12. The Bertz CT molecular complexity index is 556. The maximum Gasteiger partial charge on any atom is 0.261 e. The second-order valence-electron chi connectivity index (χ2n) is 7.00. The first-order valence-corrected chi connectivity index (χ1v) is 9.97. The van der Waals surface area contributed by atoms with Crippen LogP contribution in [0.25, 0.3) is 0 Å². The molecule has 0 aliphatic heterocycles. The van der Waals surface area contributed by atoms with Gasteiger partial charge in [-0.05, 0) is 22.3 Å². The predicted molar refractivity (Wildman–Crippen MR) is 98.0 cm³/mol. The van der Waals surface area contributed by atoms with E-state index in [4.69, 9.17) is 9.63 Å². The van der Waals surface area contributed by atoms with Crippen LogP contribution in [-0.4, -0.2) is 26.2 Å². The minimum absolute atomic E-state index is 0.0368. The molecule has 0 aromatic heterocycles. The zero-order valence-corrected chi connectivity index (χ0v) is 15.4. The lowest BCUT2D eigenvalue weighted by Crippen LogP contribution is -2.67. The van der Waals surface area contributed by atoms with Crippen LogP contribution >= 0.6 is 0 Å². The molecule has 2 aromatic carbocycles. The molecule has 0 saturated carbocycles. The third-order valence-corrected chi connectivity index (χ3v) is 9.19. The van der Waals surface area contributed by atoms with Gasteiger partial charge in [0.2, 0.25) is 0 Å². The first-order valence-electron chi connectivity index (χ1n) is 8.06. The number of rotatable bonds is 6. The predicted octanol–water partition coefficient (Wildman–Crippen LogP) is 2.93. The molecule has 124 valence electrons. The molecule has 0 aliphatic rings. The van der Waals surface area contributed by atoms with Crippen molar-refractivity contribution in [1.29, 1.82) is 0 Å². The van der Waals surface area contributed by atoms with Gasteiger partial charge >= 0.3 is 0 Å². The lowest BCUT2D eigenvalue weighted by Gasteiger charge is -2.43. The Balaban J connectivity index is 2.60. The van der Waals surface area contributed by atoms with Crippen LogP contribution in [0.15, 0.2) is 60.7 Å². The minimum Gasteiger partial charge on any atom is -0.406 e. The molecular weight excluding hydrogens is 302 g/mol. The van der Waals surface area contributed by atoms with Crippen LogP contribution in [0.4, 0.5) is 0 Å². The molecule has 0 amide bonds. The zero-order valence-electron chi connectivity index (χ0n) is 14.4. The monoisotopic (exact) mass is 329 g/mol. The number of hydrogen-bond acceptors (Lipinski definition) is 3. The van der Waals surface area contributed by atoms with Crippen molar-refractivity contribution < 1.29 is 9.63 Å². The Kier molecular flexibility index (Phi) is 5.76. The SMILES string of the molecule is C[C@@H](CO[Si](c1ccccc1)(c1ccccc1)C(C)(C)C)NO. The second kappa shape index (κ2) is 7.40. The fourth-order valence-electron chi connectivity index (χ4n) is 3.05. The average molecular weight is 330 g/mol. The lowest BCUT2D eigenvalue weighted by molar-refractivity contribution is 0.102. The van der Waals surface area contributed by atoms with E-state index in [2.05, 4.69) is 74.8 Å². The van der Waals surface area contributed by atoms with Crippen LogP contribution in [0.1, 0.15) is 27.7 Å². The van der Waals surface area contributed by atoms with Crippen LogP contribution in [0, 0.1) is 0 Å². The van der Waals surface area contributed by atoms with Gasteiger partial charge < -0.3 is 9.63 Å². The first kappa shape index (κ1) is 17.9. The van der Waals surface area contributed by atoms with Gasteiger partial charge in [0, 0.05) is 0 Å². The molecule has 0 aliphatic carbocycles. The Hall–Kier alpha value is -1.46. The summed E-state index contributed by atoms with van der Waals surface area (Å²) in [5.74, 6) is 0. The summed E-state index contributed by atoms with van der Waals surface area (Å²) in [6, 6.07) is 20.9. The van der Waals surface area contributed by atoms with Gasteiger partial charge in [0.1, 0.15) is 0 Å². The largest absolute Gasteiger partial charge is 0.406 e. The second-order valence-corrected chi connectivity index (χ2v) is 11.3. The molecular formula is C19H27NO2Si. The van der Waals surface area contributed by atoms with E-state index >= 15 is 0 Å². The van der Waals surface area contributed by atoms with Gasteiger partial charge in [-0.2, -0.15) is 0 Å². The summed E-state index contributed by atoms with van der Waals surface area (Å²) in [7, 11) is -2.48. The fraction of sp³-hybridized carbons (Fsp3) is 0.368. The van der Waals surface area contributed by atoms with Gasteiger partial charge in [-0.15, -0.1) is 0 Å². The van der Waals surface area contributed by atoms with Crippen LogP contribution in [0.3, 0.4) is 0 Å². The minimum atomic E-state index is -2.48. The zero-order chi connectivity index (χ0) is 16.9. The molecule has 1 atom stereocenters. The van der Waals surface area contributed by atoms with Crippen molar-refractivity contribution in [2.24, 2.45) is 0 Å². The van der Waals surface area contributed by atoms with E-state index in [-0.39, 0.29) is 11.1 Å². The van der Waals surface area contributed by atoms with Crippen molar-refractivity contribution >= 4 is 18.7 Å². The van der Waals surface area contributed by atoms with E-state index in [0.717, 1.165) is 0 Å². The van der Waals surface area contributed by atoms with Crippen molar-refractivity contribution in [1.82, 2.24) is 5.48 Å². The van der Waals surface area contributed by atoms with E-state index < -0.39 is 8.32 Å². The number of benzene rings is 2. The topological polar surface area (TPSA) is 41.5 Å². The van der Waals surface area contributed by atoms with Crippen molar-refractivity contribution in [2.75, 3.05) is 6.61 Å². The van der Waals surface area contributed by atoms with E-state index in [1.807, 2.05) is 19.1 Å². The summed E-state index contributed by atoms with van der Waals surface area (Å²) in [5.41, 5.74) is 2.29. The average Bonchev–Trinajstić information content (AvgIpc) is 2.56. The Morgan fingerprint density at radius 2 is 1.39 bits per heavy atom. The highest BCUT2D eigenvalue weighted by atomic mass is 28.4. The van der Waals surface area contributed by atoms with Gasteiger partial charge in [-0.3, -0.25) is 0 Å². The van der Waals surface area contributed by atoms with Gasteiger partial charge in [-0.1, -0.05) is 81.4 Å². The van der Waals surface area contributed by atoms with E-state index in [1.54, 1.807) is 0 Å². The van der Waals surface area contributed by atoms with Crippen molar-refractivity contribution in [3.05, 3.63) is 60.7 Å². The molecule has 0 bridgehead atoms. The van der Waals surface area contributed by atoms with Gasteiger partial charge in [0.05, 0.1) is 12.6 Å². The maximum absolute atomic E-state index is 9.16. The lowest BCUT2D eigenvalue weighted by atomic mass is 10.2. The highest BCUT2D eigenvalue weighted by Gasteiger charge is 2.50. The molecule has 4 heteroatoms. The Morgan fingerprint density at radius 1 is 0.957 bits per heavy atom. The van der Waals surface area contributed by atoms with Crippen LogP contribution in [-0.2, 0) is 4.43 Å². The van der Waals surface area contributed by atoms with Crippen molar-refractivity contribution in [3.8, 4) is 0 Å². The summed E-state index contributed by atoms with van der Waals surface area (Å²) in [6.07, 6.45) is 0. The molecule has 3 nitrogen and oxygen atoms in total. The van der Waals surface area contributed by atoms with Crippen LogP contribution in [0.5, 0.6) is 0 Å². The summed E-state index contributed by atoms with van der Waals surface area (Å²) in [4.78, 5) is 0. The summed E-state index contributed by atoms with van der Waals surface area (Å²) < 4.78 is 6.64. The highest BCUT2D eigenvalue weighted by Crippen LogP contribution is 2.36. The maximum atomic E-state index is 9.16. The van der Waals surface area contributed by atoms with E-state index in [0.29, 0.717) is 6.61 Å². The molecule has 2 rings (SSSR count). The smallest absolute Gasteiger partial charge is 0.261 e. The molecule has 2 aromatic rings. The molecule has 0 radical (unpaired) electrons. The van der Waals surface area contributed by atoms with Crippen molar-refractivity contribution in [2.45, 2.75) is 38.8 Å². The van der Waals surface area contributed by atoms with Gasteiger partial charge in [0.25, 0.3) is 8.32 Å². The van der Waals surface area contributed by atoms with E-state index in [1.165, 1.54) is 10.4 Å². The third kappa shape index (κ3) is 3.72. The van der Waals surface area contributed by atoms with Crippen LogP contribution in [0.2, 0.25) is 5.04 Å². The van der Waals surface area contributed by atoms with E-state index in [9.17, 15) is 0 Å². The Labute approximate surface area is 140 Å². The number of hydrogen-bond donors (Lipinski definition) is 2. The van der Waals surface area contributed by atoms with Gasteiger partial charge in [-0.25, -0.2) is 5.48 Å². The molecule has 0 fully saturated rings. The molecule has 0 unspecified atom stereocenters. The number of hydroxylamine groups is 1. The first-order chi connectivity index (χ1) is 10.9.